The number of alkyl halides is 1. The highest BCUT2D eigenvalue weighted by atomic mass is 79.9. The number of rotatable bonds is 5. The molecule has 19 heavy (non-hydrogen) atoms. The lowest BCUT2D eigenvalue weighted by atomic mass is 9.80. The van der Waals surface area contributed by atoms with Crippen LogP contribution in [0, 0.1) is 5.41 Å². The third kappa shape index (κ3) is 4.77. The van der Waals surface area contributed by atoms with E-state index in [9.17, 15) is 0 Å². The Morgan fingerprint density at radius 1 is 1.05 bits per heavy atom. The van der Waals surface area contributed by atoms with Crippen molar-refractivity contribution in [1.82, 2.24) is 0 Å². The molecule has 2 heteroatoms. The molecular formula is C17H23BrO. The van der Waals surface area contributed by atoms with Gasteiger partial charge in [-0.15, -0.1) is 0 Å². The molecule has 1 aromatic carbocycles. The van der Waals surface area contributed by atoms with Gasteiger partial charge in [0.25, 0.3) is 0 Å². The van der Waals surface area contributed by atoms with Crippen LogP contribution in [0.2, 0.25) is 0 Å². The maximum absolute atomic E-state index is 6.00. The van der Waals surface area contributed by atoms with Crippen molar-refractivity contribution < 1.29 is 4.74 Å². The van der Waals surface area contributed by atoms with E-state index in [1.165, 1.54) is 37.7 Å². The van der Waals surface area contributed by atoms with Gasteiger partial charge in [0, 0.05) is 10.7 Å². The first kappa shape index (κ1) is 14.8. The fourth-order valence-electron chi connectivity index (χ4n) is 2.62. The van der Waals surface area contributed by atoms with Gasteiger partial charge < -0.3 is 4.74 Å². The Hall–Kier alpha value is -0.600. The summed E-state index contributed by atoms with van der Waals surface area (Å²) >= 11 is 3.71. The third-order valence-electron chi connectivity index (χ3n) is 3.89. The van der Waals surface area contributed by atoms with Crippen molar-refractivity contribution >= 4 is 15.9 Å². The number of allylic oxidation sites excluding steroid dienone is 2. The van der Waals surface area contributed by atoms with Crippen molar-refractivity contribution in [2.75, 3.05) is 11.9 Å². The van der Waals surface area contributed by atoms with Crippen molar-refractivity contribution in [3.8, 4) is 0 Å². The van der Waals surface area contributed by atoms with Gasteiger partial charge in [0.2, 0.25) is 0 Å². The van der Waals surface area contributed by atoms with E-state index in [-0.39, 0.29) is 0 Å². The average molecular weight is 323 g/mol. The summed E-state index contributed by atoms with van der Waals surface area (Å²) in [6, 6.07) is 10.4. The normalized spacial score (nSPS) is 25.5. The predicted molar refractivity (Wildman–Crippen MR) is 84.6 cm³/mol. The Kier molecular flexibility index (Phi) is 6.12. The van der Waals surface area contributed by atoms with Crippen LogP contribution < -0.4 is 0 Å². The van der Waals surface area contributed by atoms with E-state index in [0.29, 0.717) is 5.41 Å². The van der Waals surface area contributed by atoms with Gasteiger partial charge in [0.05, 0.1) is 13.2 Å². The molecule has 0 saturated heterocycles. The molecule has 1 atom stereocenters. The fourth-order valence-corrected chi connectivity index (χ4v) is 3.34. The Labute approximate surface area is 125 Å². The zero-order valence-electron chi connectivity index (χ0n) is 11.5. The second kappa shape index (κ2) is 7.86. The second-order valence-electron chi connectivity index (χ2n) is 5.51. The van der Waals surface area contributed by atoms with Crippen molar-refractivity contribution in [2.45, 2.75) is 38.7 Å². The molecule has 0 bridgehead atoms. The SMILES string of the molecule is BrCC1(COCc2ccccc2)CC/C=C\CCC1. The standard InChI is InChI=1S/C17H23BrO/c18-14-17(11-7-2-1-3-8-12-17)15-19-13-16-9-5-4-6-10-16/h1-2,4-6,9-10H,3,7-8,11-15H2/b2-1-. The summed E-state index contributed by atoms with van der Waals surface area (Å²) in [5.41, 5.74) is 1.58. The first-order valence-corrected chi connectivity index (χ1v) is 8.29. The molecule has 104 valence electrons. The van der Waals surface area contributed by atoms with Crippen LogP contribution in [0.3, 0.4) is 0 Å². The Morgan fingerprint density at radius 2 is 1.84 bits per heavy atom. The fraction of sp³-hybridized carbons (Fsp3) is 0.529. The zero-order chi connectivity index (χ0) is 13.4. The van der Waals surface area contributed by atoms with Gasteiger partial charge in [0.1, 0.15) is 0 Å². The van der Waals surface area contributed by atoms with Crippen LogP contribution in [0.15, 0.2) is 42.5 Å². The summed E-state index contributed by atoms with van der Waals surface area (Å²) < 4.78 is 6.00. The van der Waals surface area contributed by atoms with Gasteiger partial charge >= 0.3 is 0 Å². The van der Waals surface area contributed by atoms with Crippen molar-refractivity contribution in [3.05, 3.63) is 48.0 Å². The van der Waals surface area contributed by atoms with Crippen LogP contribution in [-0.2, 0) is 11.3 Å². The lowest BCUT2D eigenvalue weighted by Gasteiger charge is -2.32. The highest BCUT2D eigenvalue weighted by molar-refractivity contribution is 9.09. The maximum Gasteiger partial charge on any atom is 0.0717 e. The maximum atomic E-state index is 6.00. The molecule has 0 N–H and O–H groups in total. The minimum absolute atomic E-state index is 0.319. The van der Waals surface area contributed by atoms with E-state index in [4.69, 9.17) is 4.74 Å². The van der Waals surface area contributed by atoms with Crippen LogP contribution in [0.5, 0.6) is 0 Å². The summed E-state index contributed by atoms with van der Waals surface area (Å²) in [6.45, 7) is 1.59. The van der Waals surface area contributed by atoms with Gasteiger partial charge in [0.15, 0.2) is 0 Å². The zero-order valence-corrected chi connectivity index (χ0v) is 13.1. The Balaban J connectivity index is 1.85. The van der Waals surface area contributed by atoms with Crippen molar-refractivity contribution in [3.63, 3.8) is 0 Å². The van der Waals surface area contributed by atoms with Crippen LogP contribution in [0.4, 0.5) is 0 Å². The largest absolute Gasteiger partial charge is 0.376 e. The van der Waals surface area contributed by atoms with Crippen molar-refractivity contribution in [1.29, 1.82) is 0 Å². The minimum atomic E-state index is 0.319. The van der Waals surface area contributed by atoms with Crippen LogP contribution in [0.1, 0.15) is 37.7 Å². The predicted octanol–water partition coefficient (Wildman–Crippen LogP) is 5.10. The Bertz CT molecular complexity index is 388. The molecule has 0 amide bonds. The van der Waals surface area contributed by atoms with Gasteiger partial charge in [-0.05, 0) is 37.7 Å². The van der Waals surface area contributed by atoms with Gasteiger partial charge in [-0.1, -0.05) is 58.4 Å². The summed E-state index contributed by atoms with van der Waals surface area (Å²) in [5.74, 6) is 0. The van der Waals surface area contributed by atoms with E-state index in [1.54, 1.807) is 0 Å². The average Bonchev–Trinajstić information content (AvgIpc) is 2.43. The first-order valence-electron chi connectivity index (χ1n) is 7.17. The number of hydrogen-bond acceptors (Lipinski definition) is 1. The highest BCUT2D eigenvalue weighted by Crippen LogP contribution is 2.35. The Morgan fingerprint density at radius 3 is 2.63 bits per heavy atom. The monoisotopic (exact) mass is 322 g/mol. The highest BCUT2D eigenvalue weighted by Gasteiger charge is 2.28. The lowest BCUT2D eigenvalue weighted by molar-refractivity contribution is 0.0353. The van der Waals surface area contributed by atoms with Gasteiger partial charge in [-0.2, -0.15) is 0 Å². The third-order valence-corrected chi connectivity index (χ3v) is 5.08. The molecule has 1 nitrogen and oxygen atoms in total. The number of benzene rings is 1. The van der Waals surface area contributed by atoms with Gasteiger partial charge in [-0.3, -0.25) is 0 Å². The summed E-state index contributed by atoms with van der Waals surface area (Å²) in [6.07, 6.45) is 10.8. The van der Waals surface area contributed by atoms with E-state index in [1.807, 2.05) is 6.07 Å². The summed E-state index contributed by atoms with van der Waals surface area (Å²) in [7, 11) is 0. The molecule has 2 rings (SSSR count). The quantitative estimate of drug-likeness (QED) is 0.541. The molecule has 1 aliphatic carbocycles. The number of ether oxygens (including phenoxy) is 1. The molecular weight excluding hydrogens is 300 g/mol. The van der Waals surface area contributed by atoms with E-state index < -0.39 is 0 Å². The van der Waals surface area contributed by atoms with Crippen LogP contribution in [-0.4, -0.2) is 11.9 Å². The molecule has 1 unspecified atom stereocenters. The molecule has 0 aliphatic heterocycles. The molecule has 1 aromatic rings. The van der Waals surface area contributed by atoms with Gasteiger partial charge in [-0.25, -0.2) is 0 Å². The topological polar surface area (TPSA) is 9.23 Å². The van der Waals surface area contributed by atoms with E-state index in [2.05, 4.69) is 52.3 Å². The molecule has 0 spiro atoms. The first-order chi connectivity index (χ1) is 9.35. The summed E-state index contributed by atoms with van der Waals surface area (Å²) in [4.78, 5) is 0. The molecule has 0 heterocycles. The minimum Gasteiger partial charge on any atom is -0.376 e. The molecule has 0 fully saturated rings. The van der Waals surface area contributed by atoms with Crippen LogP contribution in [0.25, 0.3) is 0 Å². The number of hydrogen-bond donors (Lipinski definition) is 0. The molecule has 1 aliphatic rings. The number of halogens is 1. The molecule has 0 radical (unpaired) electrons. The van der Waals surface area contributed by atoms with E-state index in [0.717, 1.165) is 18.5 Å². The molecule has 0 aromatic heterocycles. The van der Waals surface area contributed by atoms with E-state index >= 15 is 0 Å². The lowest BCUT2D eigenvalue weighted by Crippen LogP contribution is -2.29. The smallest absolute Gasteiger partial charge is 0.0717 e. The second-order valence-corrected chi connectivity index (χ2v) is 6.08. The van der Waals surface area contributed by atoms with Crippen LogP contribution >= 0.6 is 15.9 Å². The van der Waals surface area contributed by atoms with Crippen molar-refractivity contribution in [2.24, 2.45) is 5.41 Å². The summed E-state index contributed by atoms with van der Waals surface area (Å²) in [5, 5.41) is 1.04. The molecule has 0 saturated carbocycles.